The first kappa shape index (κ1) is 20.1. The highest BCUT2D eigenvalue weighted by atomic mass is 35.5. The van der Waals surface area contributed by atoms with E-state index in [4.69, 9.17) is 11.6 Å². The topological polar surface area (TPSA) is 90.5 Å². The molecule has 152 valence electrons. The largest absolute Gasteiger partial charge is 0.323 e. The number of benzene rings is 2. The average Bonchev–Trinajstić information content (AvgIpc) is 3.40. The van der Waals surface area contributed by atoms with Crippen LogP contribution >= 0.6 is 23.4 Å². The summed E-state index contributed by atoms with van der Waals surface area (Å²) in [7, 11) is 0. The molecule has 10 heteroatoms. The van der Waals surface area contributed by atoms with Gasteiger partial charge in [0.1, 0.15) is 19.0 Å². The van der Waals surface area contributed by atoms with Gasteiger partial charge in [0.05, 0.1) is 22.8 Å². The minimum atomic E-state index is -0.195. The number of hydrogen-bond acceptors (Lipinski definition) is 6. The molecule has 2 aromatic carbocycles. The maximum atomic E-state index is 12.6. The predicted octanol–water partition coefficient (Wildman–Crippen LogP) is 3.85. The summed E-state index contributed by atoms with van der Waals surface area (Å²) < 4.78 is 3.46. The third kappa shape index (κ3) is 4.37. The molecule has 0 aliphatic heterocycles. The maximum Gasteiger partial charge on any atom is 0.234 e. The van der Waals surface area contributed by atoms with Crippen molar-refractivity contribution in [3.8, 4) is 11.4 Å². The Morgan fingerprint density at radius 3 is 2.80 bits per heavy atom. The zero-order valence-electron chi connectivity index (χ0n) is 16.3. The first-order valence-electron chi connectivity index (χ1n) is 9.06. The van der Waals surface area contributed by atoms with Gasteiger partial charge in [-0.2, -0.15) is 5.10 Å². The molecule has 2 heterocycles. The SMILES string of the molecule is Cc1ccc(C)c(-n2cnnc2SCC(=O)Nc2cc(Cl)ccc2-n2cncn2)c1. The zero-order chi connectivity index (χ0) is 21.1. The molecular formula is C20H18ClN7OS. The summed E-state index contributed by atoms with van der Waals surface area (Å²) in [5.41, 5.74) is 4.46. The molecular weight excluding hydrogens is 422 g/mol. The summed E-state index contributed by atoms with van der Waals surface area (Å²) in [6.45, 7) is 4.06. The minimum Gasteiger partial charge on any atom is -0.323 e. The number of hydrogen-bond donors (Lipinski definition) is 1. The van der Waals surface area contributed by atoms with E-state index < -0.39 is 0 Å². The molecule has 0 unspecified atom stereocenters. The van der Waals surface area contributed by atoms with Crippen LogP contribution < -0.4 is 5.32 Å². The van der Waals surface area contributed by atoms with Crippen LogP contribution in [0.4, 0.5) is 5.69 Å². The normalized spacial score (nSPS) is 10.9. The summed E-state index contributed by atoms with van der Waals surface area (Å²) in [4.78, 5) is 16.6. The molecule has 0 aliphatic carbocycles. The van der Waals surface area contributed by atoms with Crippen molar-refractivity contribution in [3.05, 3.63) is 71.5 Å². The standard InChI is InChI=1S/C20H18ClN7OS/c1-13-3-4-14(2)18(7-13)27-12-23-26-20(27)30-9-19(29)25-16-8-15(21)5-6-17(16)28-11-22-10-24-28/h3-8,10-12H,9H2,1-2H3,(H,25,29). The average molecular weight is 440 g/mol. The lowest BCUT2D eigenvalue weighted by Gasteiger charge is -2.12. The van der Waals surface area contributed by atoms with Gasteiger partial charge in [0, 0.05) is 5.02 Å². The molecule has 0 atom stereocenters. The van der Waals surface area contributed by atoms with Crippen LogP contribution in [0.3, 0.4) is 0 Å². The van der Waals surface area contributed by atoms with Crippen molar-refractivity contribution in [2.45, 2.75) is 19.0 Å². The second kappa shape index (κ2) is 8.68. The minimum absolute atomic E-state index is 0.160. The van der Waals surface area contributed by atoms with Gasteiger partial charge >= 0.3 is 0 Å². The Morgan fingerprint density at radius 2 is 2.00 bits per heavy atom. The smallest absolute Gasteiger partial charge is 0.234 e. The molecule has 1 N–H and O–H groups in total. The van der Waals surface area contributed by atoms with Crippen LogP contribution in [0.15, 0.2) is 60.5 Å². The summed E-state index contributed by atoms with van der Waals surface area (Å²) in [5, 5.41) is 16.3. The highest BCUT2D eigenvalue weighted by Gasteiger charge is 2.14. The van der Waals surface area contributed by atoms with E-state index in [0.29, 0.717) is 21.6 Å². The Bertz CT molecular complexity index is 1190. The van der Waals surface area contributed by atoms with E-state index in [1.165, 1.54) is 18.1 Å². The van der Waals surface area contributed by atoms with Gasteiger partial charge in [-0.25, -0.2) is 9.67 Å². The summed E-state index contributed by atoms with van der Waals surface area (Å²) in [5.74, 6) is -0.0356. The Labute approximate surface area is 182 Å². The Kier molecular flexibility index (Phi) is 5.82. The third-order valence-electron chi connectivity index (χ3n) is 4.37. The van der Waals surface area contributed by atoms with E-state index in [-0.39, 0.29) is 11.7 Å². The monoisotopic (exact) mass is 439 g/mol. The molecule has 0 bridgehead atoms. The summed E-state index contributed by atoms with van der Waals surface area (Å²) in [6, 6.07) is 11.4. The molecule has 4 rings (SSSR count). The van der Waals surface area contributed by atoms with E-state index in [9.17, 15) is 4.79 Å². The van der Waals surface area contributed by atoms with Crippen molar-refractivity contribution in [1.82, 2.24) is 29.5 Å². The van der Waals surface area contributed by atoms with Gasteiger partial charge in [-0.15, -0.1) is 10.2 Å². The van der Waals surface area contributed by atoms with Crippen molar-refractivity contribution in [1.29, 1.82) is 0 Å². The second-order valence-corrected chi connectivity index (χ2v) is 7.99. The number of nitrogens with zero attached hydrogens (tertiary/aromatic N) is 6. The van der Waals surface area contributed by atoms with Crippen molar-refractivity contribution >= 4 is 35.0 Å². The number of carbonyl (C=O) groups excluding carboxylic acids is 1. The number of halogens is 1. The summed E-state index contributed by atoms with van der Waals surface area (Å²) in [6.07, 6.45) is 4.64. The van der Waals surface area contributed by atoms with Gasteiger partial charge in [-0.1, -0.05) is 35.5 Å². The number of rotatable bonds is 6. The lowest BCUT2D eigenvalue weighted by Crippen LogP contribution is -2.16. The molecule has 0 saturated heterocycles. The molecule has 30 heavy (non-hydrogen) atoms. The fourth-order valence-electron chi connectivity index (χ4n) is 2.92. The molecule has 0 radical (unpaired) electrons. The van der Waals surface area contributed by atoms with Crippen LogP contribution in [0.5, 0.6) is 0 Å². The zero-order valence-corrected chi connectivity index (χ0v) is 17.9. The van der Waals surface area contributed by atoms with Crippen LogP contribution in [0.1, 0.15) is 11.1 Å². The highest BCUT2D eigenvalue weighted by molar-refractivity contribution is 7.99. The molecule has 2 aromatic heterocycles. The fraction of sp³-hybridized carbons (Fsp3) is 0.150. The highest BCUT2D eigenvalue weighted by Crippen LogP contribution is 2.26. The van der Waals surface area contributed by atoms with E-state index in [2.05, 4.69) is 43.8 Å². The Morgan fingerprint density at radius 1 is 1.13 bits per heavy atom. The quantitative estimate of drug-likeness (QED) is 0.459. The van der Waals surface area contributed by atoms with Crippen molar-refractivity contribution < 1.29 is 4.79 Å². The summed E-state index contributed by atoms with van der Waals surface area (Å²) >= 11 is 7.42. The van der Waals surface area contributed by atoms with Crippen LogP contribution in [-0.2, 0) is 4.79 Å². The molecule has 0 saturated carbocycles. The van der Waals surface area contributed by atoms with Gasteiger partial charge in [-0.05, 0) is 49.2 Å². The van der Waals surface area contributed by atoms with E-state index >= 15 is 0 Å². The van der Waals surface area contributed by atoms with Crippen LogP contribution in [0.2, 0.25) is 5.02 Å². The number of carbonyl (C=O) groups is 1. The number of aryl methyl sites for hydroxylation is 2. The fourth-order valence-corrected chi connectivity index (χ4v) is 3.82. The molecule has 1 amide bonds. The first-order chi connectivity index (χ1) is 14.5. The first-order valence-corrected chi connectivity index (χ1v) is 10.4. The number of aromatic nitrogens is 6. The van der Waals surface area contributed by atoms with Crippen LogP contribution in [0, 0.1) is 13.8 Å². The van der Waals surface area contributed by atoms with E-state index in [1.807, 2.05) is 18.4 Å². The number of thioether (sulfide) groups is 1. The third-order valence-corrected chi connectivity index (χ3v) is 5.55. The van der Waals surface area contributed by atoms with Crippen molar-refractivity contribution in [2.75, 3.05) is 11.1 Å². The van der Waals surface area contributed by atoms with Gasteiger partial charge in [0.25, 0.3) is 0 Å². The lowest BCUT2D eigenvalue weighted by atomic mass is 10.1. The molecule has 0 fully saturated rings. The number of nitrogens with one attached hydrogen (secondary N) is 1. The van der Waals surface area contributed by atoms with Crippen molar-refractivity contribution in [3.63, 3.8) is 0 Å². The van der Waals surface area contributed by atoms with E-state index in [1.54, 1.807) is 35.5 Å². The molecule has 8 nitrogen and oxygen atoms in total. The number of amides is 1. The Balaban J connectivity index is 1.49. The van der Waals surface area contributed by atoms with Crippen LogP contribution in [-0.4, -0.2) is 41.2 Å². The Hall–Kier alpha value is -3.17. The predicted molar refractivity (Wildman–Crippen MR) is 117 cm³/mol. The maximum absolute atomic E-state index is 12.6. The van der Waals surface area contributed by atoms with Crippen molar-refractivity contribution in [2.24, 2.45) is 0 Å². The van der Waals surface area contributed by atoms with Gasteiger partial charge < -0.3 is 5.32 Å². The second-order valence-electron chi connectivity index (χ2n) is 6.61. The lowest BCUT2D eigenvalue weighted by molar-refractivity contribution is -0.113. The van der Waals surface area contributed by atoms with Gasteiger partial charge in [0.15, 0.2) is 5.16 Å². The van der Waals surface area contributed by atoms with Gasteiger partial charge in [-0.3, -0.25) is 9.36 Å². The molecule has 0 spiro atoms. The number of anilines is 1. The van der Waals surface area contributed by atoms with E-state index in [0.717, 1.165) is 16.8 Å². The van der Waals surface area contributed by atoms with Gasteiger partial charge in [0.2, 0.25) is 5.91 Å². The molecule has 0 aliphatic rings. The molecule has 4 aromatic rings. The van der Waals surface area contributed by atoms with Crippen LogP contribution in [0.25, 0.3) is 11.4 Å².